The van der Waals surface area contributed by atoms with E-state index in [1.807, 2.05) is 0 Å². The number of amides is 2. The molecule has 0 unspecified atom stereocenters. The van der Waals surface area contributed by atoms with E-state index < -0.39 is 12.2 Å². The standard InChI is InChI=1S/C17H27N3O3/c1-2-3-9-18-17(22)23-15-8-14-20(16(15)21)13-7-6-12-19-10-4-5-11-19/h15H,2-5,8-14H2,1H3,(H,18,22)/t15-/m0/s1. The number of nitrogens with one attached hydrogen (secondary N) is 1. The van der Waals surface area contributed by atoms with Crippen LogP contribution in [0.25, 0.3) is 0 Å². The highest BCUT2D eigenvalue weighted by molar-refractivity contribution is 5.85. The third-order valence-corrected chi connectivity index (χ3v) is 4.19. The first-order valence-electron chi connectivity index (χ1n) is 8.62. The Morgan fingerprint density at radius 1 is 1.26 bits per heavy atom. The maximum Gasteiger partial charge on any atom is 0.407 e. The van der Waals surface area contributed by atoms with Crippen molar-refractivity contribution >= 4 is 12.0 Å². The van der Waals surface area contributed by atoms with E-state index in [0.29, 0.717) is 26.1 Å². The van der Waals surface area contributed by atoms with Crippen LogP contribution in [0.5, 0.6) is 0 Å². The van der Waals surface area contributed by atoms with Gasteiger partial charge in [-0.1, -0.05) is 25.2 Å². The largest absolute Gasteiger partial charge is 0.436 e. The van der Waals surface area contributed by atoms with Crippen molar-refractivity contribution in [3.8, 4) is 11.8 Å². The van der Waals surface area contributed by atoms with E-state index >= 15 is 0 Å². The number of likely N-dealkylation sites (tertiary alicyclic amines) is 2. The Morgan fingerprint density at radius 3 is 2.74 bits per heavy atom. The highest BCUT2D eigenvalue weighted by atomic mass is 16.6. The number of hydrogen-bond donors (Lipinski definition) is 1. The minimum Gasteiger partial charge on any atom is -0.436 e. The molecule has 0 aliphatic carbocycles. The van der Waals surface area contributed by atoms with Gasteiger partial charge in [-0.25, -0.2) is 4.79 Å². The summed E-state index contributed by atoms with van der Waals surface area (Å²) in [5.74, 6) is 6.05. The average Bonchev–Trinajstić information content (AvgIpc) is 3.16. The summed E-state index contributed by atoms with van der Waals surface area (Å²) in [6, 6.07) is 0. The van der Waals surface area contributed by atoms with Gasteiger partial charge in [0.25, 0.3) is 5.91 Å². The molecule has 2 rings (SSSR count). The zero-order valence-electron chi connectivity index (χ0n) is 14.0. The number of unbranched alkanes of at least 4 members (excludes halogenated alkanes) is 1. The second-order valence-electron chi connectivity index (χ2n) is 6.06. The fraction of sp³-hybridized carbons (Fsp3) is 0.765. The van der Waals surface area contributed by atoms with E-state index in [1.165, 1.54) is 12.8 Å². The third kappa shape index (κ3) is 5.76. The first-order valence-corrected chi connectivity index (χ1v) is 8.62. The molecule has 1 atom stereocenters. The lowest BCUT2D eigenvalue weighted by Crippen LogP contribution is -2.35. The Kier molecular flexibility index (Phi) is 7.21. The van der Waals surface area contributed by atoms with Gasteiger partial charge in [0.15, 0.2) is 6.10 Å². The molecule has 6 nitrogen and oxygen atoms in total. The van der Waals surface area contributed by atoms with Crippen molar-refractivity contribution in [3.63, 3.8) is 0 Å². The number of carbonyl (C=O) groups excluding carboxylic acids is 2. The SMILES string of the molecule is CCCCNC(=O)O[C@H]1CCN(CC#CCN2CCCC2)C1=O. The molecule has 2 aliphatic rings. The van der Waals surface area contributed by atoms with Crippen molar-refractivity contribution in [1.82, 2.24) is 15.1 Å². The van der Waals surface area contributed by atoms with E-state index in [9.17, 15) is 9.59 Å². The number of alkyl carbamates (subject to hydrolysis) is 1. The summed E-state index contributed by atoms with van der Waals surface area (Å²) < 4.78 is 5.19. The Morgan fingerprint density at radius 2 is 2.00 bits per heavy atom. The van der Waals surface area contributed by atoms with Gasteiger partial charge in [0.1, 0.15) is 0 Å². The zero-order chi connectivity index (χ0) is 16.5. The first kappa shape index (κ1) is 17.6. The maximum absolute atomic E-state index is 12.2. The molecule has 2 saturated heterocycles. The van der Waals surface area contributed by atoms with Gasteiger partial charge in [-0.2, -0.15) is 0 Å². The molecule has 0 aromatic rings. The molecule has 23 heavy (non-hydrogen) atoms. The number of ether oxygens (including phenoxy) is 1. The van der Waals surface area contributed by atoms with E-state index in [4.69, 9.17) is 4.74 Å². The van der Waals surface area contributed by atoms with Crippen LogP contribution in [0.15, 0.2) is 0 Å². The van der Waals surface area contributed by atoms with Crippen LogP contribution < -0.4 is 5.32 Å². The van der Waals surface area contributed by atoms with Crippen LogP contribution in [0.1, 0.15) is 39.0 Å². The highest BCUT2D eigenvalue weighted by Gasteiger charge is 2.34. The second kappa shape index (κ2) is 9.41. The van der Waals surface area contributed by atoms with E-state index in [-0.39, 0.29) is 5.91 Å². The summed E-state index contributed by atoms with van der Waals surface area (Å²) in [7, 11) is 0. The molecular formula is C17H27N3O3. The molecule has 6 heteroatoms. The predicted molar refractivity (Wildman–Crippen MR) is 87.8 cm³/mol. The van der Waals surface area contributed by atoms with Crippen molar-refractivity contribution in [3.05, 3.63) is 0 Å². The van der Waals surface area contributed by atoms with Crippen LogP contribution in [0.4, 0.5) is 4.79 Å². The van der Waals surface area contributed by atoms with Crippen molar-refractivity contribution in [2.45, 2.75) is 45.1 Å². The fourth-order valence-electron chi connectivity index (χ4n) is 2.77. The minimum atomic E-state index is -0.656. The molecule has 0 aromatic carbocycles. The number of hydrogen-bond acceptors (Lipinski definition) is 4. The van der Waals surface area contributed by atoms with E-state index in [2.05, 4.69) is 29.0 Å². The summed E-state index contributed by atoms with van der Waals surface area (Å²) in [6.07, 6.45) is 3.82. The molecule has 0 saturated carbocycles. The Hall–Kier alpha value is -1.74. The number of nitrogens with zero attached hydrogens (tertiary/aromatic N) is 2. The van der Waals surface area contributed by atoms with Crippen LogP contribution in [0.2, 0.25) is 0 Å². The zero-order valence-corrected chi connectivity index (χ0v) is 14.0. The molecule has 1 N–H and O–H groups in total. The van der Waals surface area contributed by atoms with Crippen molar-refractivity contribution < 1.29 is 14.3 Å². The van der Waals surface area contributed by atoms with Gasteiger partial charge in [-0.3, -0.25) is 9.69 Å². The van der Waals surface area contributed by atoms with Gasteiger partial charge in [0, 0.05) is 19.5 Å². The van der Waals surface area contributed by atoms with Gasteiger partial charge in [-0.15, -0.1) is 0 Å². The van der Waals surface area contributed by atoms with Crippen LogP contribution in [-0.2, 0) is 9.53 Å². The molecule has 0 spiro atoms. The third-order valence-electron chi connectivity index (χ3n) is 4.19. The normalized spacial score (nSPS) is 21.2. The topological polar surface area (TPSA) is 61.9 Å². The predicted octanol–water partition coefficient (Wildman–Crippen LogP) is 1.21. The van der Waals surface area contributed by atoms with Crippen LogP contribution in [-0.4, -0.2) is 67.2 Å². The lowest BCUT2D eigenvalue weighted by atomic mass is 10.3. The maximum atomic E-state index is 12.2. The van der Waals surface area contributed by atoms with E-state index in [0.717, 1.165) is 32.5 Å². The molecule has 2 aliphatic heterocycles. The second-order valence-corrected chi connectivity index (χ2v) is 6.06. The monoisotopic (exact) mass is 321 g/mol. The van der Waals surface area contributed by atoms with Crippen molar-refractivity contribution in [2.24, 2.45) is 0 Å². The van der Waals surface area contributed by atoms with E-state index in [1.54, 1.807) is 4.90 Å². The molecule has 0 bridgehead atoms. The Balaban J connectivity index is 1.67. The summed E-state index contributed by atoms with van der Waals surface area (Å²) >= 11 is 0. The lowest BCUT2D eigenvalue weighted by Gasteiger charge is -2.14. The molecule has 2 heterocycles. The van der Waals surface area contributed by atoms with Gasteiger partial charge in [0.05, 0.1) is 13.1 Å². The van der Waals surface area contributed by atoms with Crippen LogP contribution in [0.3, 0.4) is 0 Å². The highest BCUT2D eigenvalue weighted by Crippen LogP contribution is 2.14. The summed E-state index contributed by atoms with van der Waals surface area (Å²) in [5, 5.41) is 2.66. The molecule has 2 fully saturated rings. The van der Waals surface area contributed by atoms with Crippen LogP contribution in [0, 0.1) is 11.8 Å². The van der Waals surface area contributed by atoms with Gasteiger partial charge >= 0.3 is 6.09 Å². The van der Waals surface area contributed by atoms with Gasteiger partial charge in [-0.05, 0) is 32.4 Å². The first-order chi connectivity index (χ1) is 11.2. The number of rotatable bonds is 6. The van der Waals surface area contributed by atoms with Gasteiger partial charge < -0.3 is 15.0 Å². The Labute approximate surface area is 138 Å². The quantitative estimate of drug-likeness (QED) is 0.590. The van der Waals surface area contributed by atoms with Crippen LogP contribution >= 0.6 is 0 Å². The average molecular weight is 321 g/mol. The summed E-state index contributed by atoms with van der Waals surface area (Å²) in [6.45, 7) is 6.69. The fourth-order valence-corrected chi connectivity index (χ4v) is 2.77. The smallest absolute Gasteiger partial charge is 0.407 e. The Bertz CT molecular complexity index is 463. The summed E-state index contributed by atoms with van der Waals surface area (Å²) in [4.78, 5) is 27.8. The molecule has 0 aromatic heterocycles. The molecular weight excluding hydrogens is 294 g/mol. The van der Waals surface area contributed by atoms with Crippen molar-refractivity contribution in [2.75, 3.05) is 39.3 Å². The summed E-state index contributed by atoms with van der Waals surface area (Å²) in [5.41, 5.74) is 0. The molecule has 0 radical (unpaired) electrons. The lowest BCUT2D eigenvalue weighted by molar-refractivity contribution is -0.134. The molecule has 128 valence electrons. The van der Waals surface area contributed by atoms with Crippen molar-refractivity contribution in [1.29, 1.82) is 0 Å². The van der Waals surface area contributed by atoms with Gasteiger partial charge in [0.2, 0.25) is 0 Å². The minimum absolute atomic E-state index is 0.133. The molecule has 2 amide bonds. The number of carbonyl (C=O) groups is 2.